The fourth-order valence-electron chi connectivity index (χ4n) is 4.58. The molecule has 38 heavy (non-hydrogen) atoms. The lowest BCUT2D eigenvalue weighted by Gasteiger charge is -2.39. The van der Waals surface area contributed by atoms with Gasteiger partial charge in [0.2, 0.25) is 5.91 Å². The van der Waals surface area contributed by atoms with Gasteiger partial charge < -0.3 is 30.0 Å². The molecule has 0 radical (unpaired) electrons. The minimum absolute atomic E-state index is 0.00692. The Balaban J connectivity index is 1.12. The number of nitrogens with zero attached hydrogens (tertiary/aromatic N) is 5. The summed E-state index contributed by atoms with van der Waals surface area (Å²) in [7, 11) is 0. The second kappa shape index (κ2) is 11.1. The van der Waals surface area contributed by atoms with E-state index in [1.54, 1.807) is 11.0 Å². The van der Waals surface area contributed by atoms with Gasteiger partial charge in [-0.2, -0.15) is 0 Å². The lowest BCUT2D eigenvalue weighted by molar-refractivity contribution is -0.146. The molecule has 2 amide bonds. The van der Waals surface area contributed by atoms with E-state index in [0.29, 0.717) is 18.8 Å². The quantitative estimate of drug-likeness (QED) is 0.442. The van der Waals surface area contributed by atoms with Gasteiger partial charge in [0.25, 0.3) is 0 Å². The third-order valence-corrected chi connectivity index (χ3v) is 6.60. The molecule has 0 saturated carbocycles. The number of β-amino-alcohol motifs (C(OH)–C–C–N with tert-alkyl or cyclic N) is 1. The summed E-state index contributed by atoms with van der Waals surface area (Å²) in [6, 6.07) is 6.54. The van der Waals surface area contributed by atoms with Crippen molar-refractivity contribution in [2.24, 2.45) is 5.92 Å². The zero-order valence-corrected chi connectivity index (χ0v) is 20.4. The summed E-state index contributed by atoms with van der Waals surface area (Å²) in [6.45, 7) is 2.41. The monoisotopic (exact) mass is 527 g/mol. The number of amides is 2. The highest BCUT2D eigenvalue weighted by Gasteiger charge is 2.33. The third-order valence-electron chi connectivity index (χ3n) is 6.60. The SMILES string of the molecule is O=C(Nc1ccc(N2CCCC(C(=O)N3CC(O)C3)CCC2)nc1)c1nnc(Nc2ccc(F)c(F)c2)o1. The summed E-state index contributed by atoms with van der Waals surface area (Å²) in [5, 5.41) is 22.1. The number of pyridine rings is 1. The first-order valence-corrected chi connectivity index (χ1v) is 12.4. The van der Waals surface area contributed by atoms with Gasteiger partial charge in [-0.25, -0.2) is 13.8 Å². The number of aliphatic hydroxyl groups is 1. The number of hydrogen-bond donors (Lipinski definition) is 3. The molecule has 5 rings (SSSR count). The fraction of sp³-hybridized carbons (Fsp3) is 0.400. The lowest BCUT2D eigenvalue weighted by atomic mass is 9.92. The molecular formula is C25H27F2N7O4. The Hall–Kier alpha value is -4.13. The van der Waals surface area contributed by atoms with Crippen LogP contribution in [0.15, 0.2) is 40.9 Å². The van der Waals surface area contributed by atoms with Gasteiger partial charge >= 0.3 is 17.8 Å². The van der Waals surface area contributed by atoms with E-state index in [-0.39, 0.29) is 35.5 Å². The van der Waals surface area contributed by atoms with E-state index < -0.39 is 17.5 Å². The topological polar surface area (TPSA) is 137 Å². The van der Waals surface area contributed by atoms with E-state index in [2.05, 4.69) is 30.7 Å². The highest BCUT2D eigenvalue weighted by Crippen LogP contribution is 2.25. The van der Waals surface area contributed by atoms with Crippen molar-refractivity contribution < 1.29 is 27.9 Å². The average molecular weight is 528 g/mol. The number of rotatable bonds is 6. The number of halogens is 2. The molecule has 3 N–H and O–H groups in total. The molecule has 3 aromatic rings. The summed E-state index contributed by atoms with van der Waals surface area (Å²) in [4.78, 5) is 33.5. The van der Waals surface area contributed by atoms with Crippen molar-refractivity contribution in [2.75, 3.05) is 41.7 Å². The Morgan fingerprint density at radius 2 is 1.74 bits per heavy atom. The van der Waals surface area contributed by atoms with Crippen LogP contribution < -0.4 is 15.5 Å². The van der Waals surface area contributed by atoms with Crippen molar-refractivity contribution in [3.63, 3.8) is 0 Å². The maximum absolute atomic E-state index is 13.4. The number of carbonyl (C=O) groups is 2. The summed E-state index contributed by atoms with van der Waals surface area (Å²) < 4.78 is 31.7. The number of aliphatic hydroxyl groups excluding tert-OH is 1. The zero-order chi connectivity index (χ0) is 26.6. The molecule has 2 aliphatic rings. The number of nitrogens with one attached hydrogen (secondary N) is 2. The molecule has 0 unspecified atom stereocenters. The molecule has 2 aromatic heterocycles. The van der Waals surface area contributed by atoms with Crippen LogP contribution in [0.1, 0.15) is 36.4 Å². The van der Waals surface area contributed by atoms with Crippen LogP contribution in [0.3, 0.4) is 0 Å². The number of anilines is 4. The maximum atomic E-state index is 13.4. The predicted octanol–water partition coefficient (Wildman–Crippen LogP) is 2.94. The fourth-order valence-corrected chi connectivity index (χ4v) is 4.58. The summed E-state index contributed by atoms with van der Waals surface area (Å²) in [6.07, 6.45) is 4.45. The zero-order valence-electron chi connectivity index (χ0n) is 20.4. The van der Waals surface area contributed by atoms with Gasteiger partial charge in [0, 0.05) is 43.9 Å². The normalized spacial score (nSPS) is 16.9. The van der Waals surface area contributed by atoms with Crippen LogP contribution >= 0.6 is 0 Å². The Kier molecular flexibility index (Phi) is 7.45. The number of likely N-dealkylation sites (tertiary alicyclic amines) is 1. The molecule has 0 aliphatic carbocycles. The van der Waals surface area contributed by atoms with Gasteiger partial charge in [-0.15, -0.1) is 5.10 Å². The van der Waals surface area contributed by atoms with E-state index in [1.165, 1.54) is 12.3 Å². The molecular weight excluding hydrogens is 500 g/mol. The second-order valence-electron chi connectivity index (χ2n) is 9.39. The van der Waals surface area contributed by atoms with Crippen molar-refractivity contribution in [1.29, 1.82) is 0 Å². The van der Waals surface area contributed by atoms with Gasteiger partial charge in [-0.1, -0.05) is 5.10 Å². The number of aromatic nitrogens is 3. The number of hydrogen-bond acceptors (Lipinski definition) is 9. The van der Waals surface area contributed by atoms with Crippen LogP contribution in [0.5, 0.6) is 0 Å². The first kappa shape index (κ1) is 25.5. The van der Waals surface area contributed by atoms with Crippen molar-refractivity contribution >= 4 is 35.0 Å². The van der Waals surface area contributed by atoms with Gasteiger partial charge in [-0.05, 0) is 49.9 Å². The van der Waals surface area contributed by atoms with Crippen LogP contribution in [0.25, 0.3) is 0 Å². The highest BCUT2D eigenvalue weighted by molar-refractivity contribution is 6.00. The number of carbonyl (C=O) groups excluding carboxylic acids is 2. The Morgan fingerprint density at radius 1 is 1.00 bits per heavy atom. The van der Waals surface area contributed by atoms with Crippen LogP contribution in [0, 0.1) is 17.6 Å². The first-order valence-electron chi connectivity index (χ1n) is 12.4. The Morgan fingerprint density at radius 3 is 2.39 bits per heavy atom. The van der Waals surface area contributed by atoms with Crippen LogP contribution in [-0.4, -0.2) is 69.3 Å². The molecule has 200 valence electrons. The van der Waals surface area contributed by atoms with E-state index in [1.807, 2.05) is 6.07 Å². The van der Waals surface area contributed by atoms with Crippen LogP contribution in [0.2, 0.25) is 0 Å². The smallest absolute Gasteiger partial charge is 0.320 e. The number of benzene rings is 1. The summed E-state index contributed by atoms with van der Waals surface area (Å²) in [5.41, 5.74) is 0.614. The molecule has 11 nitrogen and oxygen atoms in total. The van der Waals surface area contributed by atoms with Crippen molar-refractivity contribution in [3.05, 3.63) is 54.1 Å². The lowest BCUT2D eigenvalue weighted by Crippen LogP contribution is -2.55. The summed E-state index contributed by atoms with van der Waals surface area (Å²) >= 11 is 0. The summed E-state index contributed by atoms with van der Waals surface area (Å²) in [5.74, 6) is -2.07. The first-order chi connectivity index (χ1) is 18.4. The van der Waals surface area contributed by atoms with Gasteiger partial charge in [0.05, 0.1) is 18.0 Å². The van der Waals surface area contributed by atoms with E-state index >= 15 is 0 Å². The van der Waals surface area contributed by atoms with Gasteiger partial charge in [0.1, 0.15) is 5.82 Å². The highest BCUT2D eigenvalue weighted by atomic mass is 19.2. The molecule has 2 saturated heterocycles. The molecule has 0 bridgehead atoms. The average Bonchev–Trinajstić information content (AvgIpc) is 3.33. The van der Waals surface area contributed by atoms with Crippen molar-refractivity contribution in [2.45, 2.75) is 31.8 Å². The van der Waals surface area contributed by atoms with Crippen molar-refractivity contribution in [3.8, 4) is 0 Å². The van der Waals surface area contributed by atoms with E-state index in [0.717, 1.165) is 56.7 Å². The minimum Gasteiger partial charge on any atom is -0.399 e. The van der Waals surface area contributed by atoms with E-state index in [9.17, 15) is 23.5 Å². The largest absolute Gasteiger partial charge is 0.399 e. The molecule has 2 aliphatic heterocycles. The van der Waals surface area contributed by atoms with Crippen LogP contribution in [-0.2, 0) is 4.79 Å². The minimum atomic E-state index is -1.04. The third kappa shape index (κ3) is 5.88. The molecule has 0 spiro atoms. The van der Waals surface area contributed by atoms with Gasteiger partial charge in [-0.3, -0.25) is 9.59 Å². The molecule has 1 aromatic carbocycles. The van der Waals surface area contributed by atoms with E-state index in [4.69, 9.17) is 4.42 Å². The second-order valence-corrected chi connectivity index (χ2v) is 9.39. The molecule has 13 heteroatoms. The molecule has 2 fully saturated rings. The molecule has 4 heterocycles. The van der Waals surface area contributed by atoms with Crippen molar-refractivity contribution in [1.82, 2.24) is 20.1 Å². The van der Waals surface area contributed by atoms with Gasteiger partial charge in [0.15, 0.2) is 11.6 Å². The standard InChI is InChI=1S/C25H27F2N7O4/c26-19-7-5-16(11-20(19)27)30-25-32-31-23(38-25)22(36)29-17-6-8-21(28-12-17)33-9-1-3-15(4-2-10-33)24(37)34-13-18(35)14-34/h5-8,11-12,15,18,35H,1-4,9-10,13-14H2,(H,29,36)(H,30,32). The van der Waals surface area contributed by atoms with Crippen LogP contribution in [0.4, 0.5) is 32.0 Å². The Bertz CT molecular complexity index is 1290. The maximum Gasteiger partial charge on any atom is 0.320 e. The predicted molar refractivity (Wildman–Crippen MR) is 133 cm³/mol. The Labute approximate surface area is 216 Å². The molecule has 0 atom stereocenters.